The first-order valence-electron chi connectivity index (χ1n) is 30.3. The van der Waals surface area contributed by atoms with E-state index >= 15 is 0 Å². The third kappa shape index (κ3) is 97.2. The van der Waals surface area contributed by atoms with E-state index in [1.807, 2.05) is 13.8 Å². The monoisotopic (exact) mass is 1250 g/mol. The molecule has 0 amide bonds. The van der Waals surface area contributed by atoms with Crippen LogP contribution in [0, 0.1) is 0 Å². The molecule has 3 N–H and O–H groups in total. The topological polar surface area (TPSA) is 298 Å². The second kappa shape index (κ2) is 82.0. The Morgan fingerprint density at radius 3 is 0.595 bits per heavy atom. The molecule has 0 spiro atoms. The lowest BCUT2D eigenvalue weighted by atomic mass is 10.2. The van der Waals surface area contributed by atoms with Crippen LogP contribution in [0.2, 0.25) is 0 Å². The van der Waals surface area contributed by atoms with Crippen LogP contribution in [0.1, 0.15) is 79.1 Å². The Bertz CT molecular complexity index is 1200. The highest BCUT2D eigenvalue weighted by molar-refractivity contribution is 7.79. The largest absolute Gasteiger partial charge is 0.394 e. The maximum absolute atomic E-state index is 9.68. The molecule has 0 bridgehead atoms. The fraction of sp³-hybridized carbons (Fsp3) is 1.00. The summed E-state index contributed by atoms with van der Waals surface area (Å²) in [6.07, 6.45) is 8.58. The minimum Gasteiger partial charge on any atom is -0.379 e. The van der Waals surface area contributed by atoms with Crippen molar-refractivity contribution in [2.45, 2.75) is 85.4 Å². The molecule has 0 aromatic carbocycles. The van der Waals surface area contributed by atoms with Crippen LogP contribution in [-0.2, 0) is 115 Å². The predicted molar refractivity (Wildman–Crippen MR) is 313 cm³/mol. The molecular weight excluding hydrogens is 1140 g/mol. The van der Waals surface area contributed by atoms with Gasteiger partial charge in [-0.2, -0.15) is 8.42 Å². The maximum atomic E-state index is 9.68. The van der Waals surface area contributed by atoms with Crippen LogP contribution in [0.25, 0.3) is 0 Å². The standard InChI is InChI=1S/C28H58O12.C28H58O11.H2O4S/c1-3-5-6-7-8-39-27-28(29)40-26-25-38-24-23-37-22-21-36-20-19-35-18-17-34-16-15-33-14-13-32-12-11-31-10-9-30-4-2;1-3-5-6-7-8-30-11-12-32-15-16-34-19-20-36-23-24-38-27-28-39-26-25-37-22-21-35-18-17-33-14-13-31-10-9-29-4-2;1-5(2,3)4/h28-29H,3-27H2,1-2H3;3-28H2,1-2H3;(H2,1,2,3,4). The fourth-order valence-corrected chi connectivity index (χ4v) is 5.98. The lowest BCUT2D eigenvalue weighted by Crippen LogP contribution is -2.22. The van der Waals surface area contributed by atoms with Crippen molar-refractivity contribution in [3.63, 3.8) is 0 Å². The Morgan fingerprint density at radius 2 is 0.405 bits per heavy atom. The van der Waals surface area contributed by atoms with Crippen LogP contribution in [-0.4, -0.2) is 313 Å². The first kappa shape index (κ1) is 87.2. The van der Waals surface area contributed by atoms with Crippen LogP contribution in [0.5, 0.6) is 0 Å². The van der Waals surface area contributed by atoms with Crippen molar-refractivity contribution in [1.82, 2.24) is 0 Å². The number of hydrogen-bond acceptors (Lipinski definition) is 25. The third-order valence-electron chi connectivity index (χ3n) is 10.2. The molecule has 0 saturated heterocycles. The maximum Gasteiger partial charge on any atom is 0.394 e. The van der Waals surface area contributed by atoms with Crippen molar-refractivity contribution < 1.29 is 127 Å². The molecule has 0 fully saturated rings. The summed E-state index contributed by atoms with van der Waals surface area (Å²) in [7, 11) is -4.67. The molecule has 0 aliphatic carbocycles. The van der Waals surface area contributed by atoms with E-state index in [2.05, 4.69) is 13.8 Å². The summed E-state index contributed by atoms with van der Waals surface area (Å²) in [4.78, 5) is 0. The summed E-state index contributed by atoms with van der Waals surface area (Å²) in [5.41, 5.74) is 0. The summed E-state index contributed by atoms with van der Waals surface area (Å²) in [6, 6.07) is 0. The van der Waals surface area contributed by atoms with Crippen LogP contribution >= 0.6 is 0 Å². The first-order valence-corrected chi connectivity index (χ1v) is 31.7. The van der Waals surface area contributed by atoms with Gasteiger partial charge in [-0.25, -0.2) is 0 Å². The van der Waals surface area contributed by atoms with Crippen LogP contribution in [0.3, 0.4) is 0 Å². The lowest BCUT2D eigenvalue weighted by molar-refractivity contribution is -0.147. The van der Waals surface area contributed by atoms with E-state index in [-0.39, 0.29) is 6.61 Å². The fourth-order valence-electron chi connectivity index (χ4n) is 5.98. The smallest absolute Gasteiger partial charge is 0.379 e. The van der Waals surface area contributed by atoms with Gasteiger partial charge >= 0.3 is 10.4 Å². The molecule has 27 nitrogen and oxygen atoms in total. The van der Waals surface area contributed by atoms with Gasteiger partial charge < -0.3 is 109 Å². The molecule has 0 saturated carbocycles. The lowest BCUT2D eigenvalue weighted by Gasteiger charge is -2.12. The van der Waals surface area contributed by atoms with Gasteiger partial charge in [0.25, 0.3) is 0 Å². The van der Waals surface area contributed by atoms with Crippen LogP contribution in [0.4, 0.5) is 0 Å². The highest BCUT2D eigenvalue weighted by Gasteiger charge is 2.05. The normalized spacial score (nSPS) is 11.9. The summed E-state index contributed by atoms with van der Waals surface area (Å²) < 4.78 is 151. The number of unbranched alkanes of at least 4 members (excludes halogenated alkanes) is 6. The molecule has 28 heteroatoms. The molecule has 84 heavy (non-hydrogen) atoms. The molecule has 1 atom stereocenters. The summed E-state index contributed by atoms with van der Waals surface area (Å²) >= 11 is 0. The highest BCUT2D eigenvalue weighted by Crippen LogP contribution is 2.01. The van der Waals surface area contributed by atoms with E-state index < -0.39 is 16.7 Å². The Morgan fingerprint density at radius 1 is 0.238 bits per heavy atom. The SMILES string of the molecule is CCCCCCOCC(O)OCCOCCOCCOCCOCCOCCOCCOCCOCCOCC.CCCCCCOCCOCCOCCOCCOCCOCCOCCOCCOCCOCCOCC.O=S(=O)(O)O. The quantitative estimate of drug-likeness (QED) is 0.0437. The highest BCUT2D eigenvalue weighted by atomic mass is 32.3. The second-order valence-electron chi connectivity index (χ2n) is 17.4. The molecule has 0 heterocycles. The molecule has 0 radical (unpaired) electrons. The van der Waals surface area contributed by atoms with Gasteiger partial charge in [0, 0.05) is 26.4 Å². The van der Waals surface area contributed by atoms with Crippen molar-refractivity contribution in [2.24, 2.45) is 0 Å². The molecule has 0 aliphatic rings. The zero-order valence-corrected chi connectivity index (χ0v) is 53.0. The van der Waals surface area contributed by atoms with Crippen molar-refractivity contribution >= 4 is 10.4 Å². The number of aliphatic hydroxyl groups excluding tert-OH is 1. The van der Waals surface area contributed by atoms with Gasteiger partial charge in [0.1, 0.15) is 0 Å². The summed E-state index contributed by atoms with van der Waals surface area (Å²) in [5, 5.41) is 9.68. The molecule has 510 valence electrons. The van der Waals surface area contributed by atoms with Crippen molar-refractivity contribution in [1.29, 1.82) is 0 Å². The molecule has 1 unspecified atom stereocenters. The predicted octanol–water partition coefficient (Wildman–Crippen LogP) is 4.20. The van der Waals surface area contributed by atoms with E-state index in [9.17, 15) is 5.11 Å². The molecule has 0 aromatic heterocycles. The zero-order chi connectivity index (χ0) is 61.7. The van der Waals surface area contributed by atoms with Gasteiger partial charge in [-0.05, 0) is 26.7 Å². The Hall–Kier alpha value is -1.05. The van der Waals surface area contributed by atoms with Gasteiger partial charge in [0.05, 0.1) is 258 Å². The molecule has 0 aromatic rings. The molecule has 0 aliphatic heterocycles. The number of ether oxygens (including phenoxy) is 22. The Kier molecular flexibility index (Phi) is 85.0. The van der Waals surface area contributed by atoms with Crippen molar-refractivity contribution in [2.75, 3.05) is 284 Å². The van der Waals surface area contributed by atoms with E-state index in [1.165, 1.54) is 32.1 Å². The summed E-state index contributed by atoms with van der Waals surface area (Å²) in [6.45, 7) is 31.6. The molecule has 0 rings (SSSR count). The third-order valence-corrected chi connectivity index (χ3v) is 10.2. The number of hydrogen-bond donors (Lipinski definition) is 3. The Balaban J connectivity index is -0.00000144. The Labute approximate surface area is 505 Å². The van der Waals surface area contributed by atoms with Crippen LogP contribution < -0.4 is 0 Å². The van der Waals surface area contributed by atoms with Gasteiger partial charge in [-0.15, -0.1) is 0 Å². The minimum atomic E-state index is -4.67. The van der Waals surface area contributed by atoms with E-state index in [1.54, 1.807) is 0 Å². The number of aliphatic hydroxyl groups is 1. The van der Waals surface area contributed by atoms with Crippen molar-refractivity contribution in [3.8, 4) is 0 Å². The average Bonchev–Trinajstić information content (AvgIpc) is 3.47. The first-order chi connectivity index (χ1) is 41.2. The van der Waals surface area contributed by atoms with Crippen LogP contribution in [0.15, 0.2) is 0 Å². The van der Waals surface area contributed by atoms with Gasteiger partial charge in [-0.3, -0.25) is 9.11 Å². The van der Waals surface area contributed by atoms with Gasteiger partial charge in [0.15, 0.2) is 6.29 Å². The van der Waals surface area contributed by atoms with Crippen molar-refractivity contribution in [3.05, 3.63) is 0 Å². The van der Waals surface area contributed by atoms with Gasteiger partial charge in [0.2, 0.25) is 0 Å². The van der Waals surface area contributed by atoms with E-state index in [4.69, 9.17) is 122 Å². The van der Waals surface area contributed by atoms with Gasteiger partial charge in [-0.1, -0.05) is 52.4 Å². The average molecular weight is 1260 g/mol. The zero-order valence-electron chi connectivity index (χ0n) is 52.2. The minimum absolute atomic E-state index is 0.189. The van der Waals surface area contributed by atoms with E-state index in [0.717, 1.165) is 25.9 Å². The molecular formula is C56H118O27S. The second-order valence-corrected chi connectivity index (χ2v) is 18.3. The summed E-state index contributed by atoms with van der Waals surface area (Å²) in [5.74, 6) is 0. The van der Waals surface area contributed by atoms with E-state index in [0.29, 0.717) is 271 Å². The number of rotatable bonds is 72.